The number of ether oxygens (including phenoxy) is 1. The van der Waals surface area contributed by atoms with E-state index in [0.29, 0.717) is 37.2 Å². The zero-order chi connectivity index (χ0) is 22.9. The number of benzene rings is 3. The molecule has 2 amide bonds. The maximum absolute atomic E-state index is 13.0. The fourth-order valence-electron chi connectivity index (χ4n) is 3.17. The van der Waals surface area contributed by atoms with Crippen LogP contribution in [0.25, 0.3) is 0 Å². The Bertz CT molecular complexity index is 1070. The van der Waals surface area contributed by atoms with E-state index in [1.165, 1.54) is 37.4 Å². The van der Waals surface area contributed by atoms with Crippen molar-refractivity contribution in [1.29, 1.82) is 0 Å². The van der Waals surface area contributed by atoms with Gasteiger partial charge in [-0.05, 0) is 66.4 Å². The lowest BCUT2D eigenvalue weighted by molar-refractivity contribution is 0.0951. The molecule has 0 aliphatic heterocycles. The van der Waals surface area contributed by atoms with Crippen molar-refractivity contribution in [2.45, 2.75) is 12.8 Å². The van der Waals surface area contributed by atoms with Crippen LogP contribution in [0.2, 0.25) is 0 Å². The van der Waals surface area contributed by atoms with Crippen LogP contribution < -0.4 is 15.4 Å². The fraction of sp³-hybridized carbons (Fsp3) is 0.200. The lowest BCUT2D eigenvalue weighted by Gasteiger charge is -2.12. The first-order valence-electron chi connectivity index (χ1n) is 10.2. The Hall–Kier alpha value is -3.74. The van der Waals surface area contributed by atoms with Crippen molar-refractivity contribution in [3.8, 4) is 5.75 Å². The van der Waals surface area contributed by atoms with E-state index in [1.54, 1.807) is 36.4 Å². The maximum atomic E-state index is 13.0. The molecular weight excluding hydrogens is 414 g/mol. The lowest BCUT2D eigenvalue weighted by Crippen LogP contribution is -2.28. The predicted octanol–water partition coefficient (Wildman–Crippen LogP) is 3.92. The number of halogens is 2. The third-order valence-corrected chi connectivity index (χ3v) is 4.93. The van der Waals surface area contributed by atoms with E-state index in [1.807, 2.05) is 0 Å². The number of methoxy groups -OCH3 is 1. The average molecular weight is 438 g/mol. The van der Waals surface area contributed by atoms with Crippen LogP contribution in [0, 0.1) is 11.6 Å². The van der Waals surface area contributed by atoms with Crippen molar-refractivity contribution in [1.82, 2.24) is 10.6 Å². The summed E-state index contributed by atoms with van der Waals surface area (Å²) in [6.07, 6.45) is 1.09. The van der Waals surface area contributed by atoms with Gasteiger partial charge in [-0.1, -0.05) is 24.3 Å². The molecule has 0 heterocycles. The summed E-state index contributed by atoms with van der Waals surface area (Å²) in [6.45, 7) is 0.720. The summed E-state index contributed by atoms with van der Waals surface area (Å²) in [5, 5.41) is 5.60. The number of hydrogen-bond acceptors (Lipinski definition) is 3. The fourth-order valence-corrected chi connectivity index (χ4v) is 3.17. The molecule has 3 aromatic rings. The highest BCUT2D eigenvalue weighted by molar-refractivity contribution is 6.01. The molecule has 0 fully saturated rings. The van der Waals surface area contributed by atoms with Crippen LogP contribution in [0.5, 0.6) is 5.75 Å². The number of carbonyl (C=O) groups excluding carboxylic acids is 2. The van der Waals surface area contributed by atoms with E-state index in [4.69, 9.17) is 4.74 Å². The van der Waals surface area contributed by atoms with Crippen molar-refractivity contribution in [2.24, 2.45) is 0 Å². The topological polar surface area (TPSA) is 67.4 Å². The zero-order valence-corrected chi connectivity index (χ0v) is 17.7. The molecule has 2 N–H and O–H groups in total. The summed E-state index contributed by atoms with van der Waals surface area (Å²) >= 11 is 0. The number of nitrogens with one attached hydrogen (secondary N) is 2. The van der Waals surface area contributed by atoms with Crippen LogP contribution in [0.1, 0.15) is 31.8 Å². The summed E-state index contributed by atoms with van der Waals surface area (Å²) in [6, 6.07) is 16.8. The average Bonchev–Trinajstić information content (AvgIpc) is 2.81. The zero-order valence-electron chi connectivity index (χ0n) is 17.7. The Morgan fingerprint density at radius 2 is 1.25 bits per heavy atom. The summed E-state index contributed by atoms with van der Waals surface area (Å²) in [5.74, 6) is -0.957. The molecule has 0 aliphatic carbocycles. The molecule has 0 spiro atoms. The summed E-state index contributed by atoms with van der Waals surface area (Å²) in [7, 11) is 1.45. The first kappa shape index (κ1) is 22.9. The normalized spacial score (nSPS) is 10.5. The van der Waals surface area contributed by atoms with E-state index >= 15 is 0 Å². The van der Waals surface area contributed by atoms with Gasteiger partial charge in [0.2, 0.25) is 0 Å². The molecule has 5 nitrogen and oxygen atoms in total. The molecule has 166 valence electrons. The van der Waals surface area contributed by atoms with Crippen LogP contribution >= 0.6 is 0 Å². The molecular formula is C25H24F2N2O3. The molecule has 3 rings (SSSR count). The molecule has 0 radical (unpaired) electrons. The third kappa shape index (κ3) is 6.38. The van der Waals surface area contributed by atoms with Gasteiger partial charge in [-0.25, -0.2) is 8.78 Å². The Labute approximate surface area is 185 Å². The van der Waals surface area contributed by atoms with Crippen molar-refractivity contribution in [3.05, 3.63) is 101 Å². The molecule has 0 saturated heterocycles. The molecule has 0 unspecified atom stereocenters. The maximum Gasteiger partial charge on any atom is 0.255 e. The predicted molar refractivity (Wildman–Crippen MR) is 118 cm³/mol. The van der Waals surface area contributed by atoms with Gasteiger partial charge < -0.3 is 15.4 Å². The minimum Gasteiger partial charge on any atom is -0.496 e. The van der Waals surface area contributed by atoms with Crippen LogP contribution in [-0.4, -0.2) is 32.0 Å². The number of amides is 2. The standard InChI is InChI=1S/C25H24F2N2O3/c1-32-23-11-6-19(24(30)28-14-12-17-2-7-20(26)8-3-17)16-22(23)25(31)29-15-13-18-4-9-21(27)10-5-18/h2-11,16H,12-15H2,1H3,(H,28,30)(H,29,31). The first-order valence-corrected chi connectivity index (χ1v) is 10.2. The van der Waals surface area contributed by atoms with Gasteiger partial charge >= 0.3 is 0 Å². The van der Waals surface area contributed by atoms with E-state index in [9.17, 15) is 18.4 Å². The van der Waals surface area contributed by atoms with Crippen LogP contribution in [0.4, 0.5) is 8.78 Å². The minimum absolute atomic E-state index is 0.248. The highest BCUT2D eigenvalue weighted by Crippen LogP contribution is 2.20. The van der Waals surface area contributed by atoms with E-state index in [0.717, 1.165) is 11.1 Å². The highest BCUT2D eigenvalue weighted by atomic mass is 19.1. The molecule has 0 aliphatic rings. The van der Waals surface area contributed by atoms with Gasteiger partial charge in [0.25, 0.3) is 11.8 Å². The van der Waals surface area contributed by atoms with E-state index in [2.05, 4.69) is 10.6 Å². The van der Waals surface area contributed by atoms with Gasteiger partial charge in [-0.3, -0.25) is 9.59 Å². The van der Waals surface area contributed by atoms with Crippen LogP contribution in [0.3, 0.4) is 0 Å². The minimum atomic E-state index is -0.370. The largest absolute Gasteiger partial charge is 0.496 e. The second kappa shape index (κ2) is 11.0. The third-order valence-electron chi connectivity index (χ3n) is 4.93. The molecule has 0 atom stereocenters. The number of hydrogen-bond donors (Lipinski definition) is 2. The van der Waals surface area contributed by atoms with Gasteiger partial charge in [0.05, 0.1) is 12.7 Å². The molecule has 3 aromatic carbocycles. The van der Waals surface area contributed by atoms with Crippen LogP contribution in [0.15, 0.2) is 66.7 Å². The summed E-state index contributed by atoms with van der Waals surface area (Å²) in [4.78, 5) is 25.2. The number of carbonyl (C=O) groups is 2. The second-order valence-electron chi connectivity index (χ2n) is 7.18. The van der Waals surface area contributed by atoms with Gasteiger partial charge in [-0.2, -0.15) is 0 Å². The van der Waals surface area contributed by atoms with Crippen LogP contribution in [-0.2, 0) is 12.8 Å². The van der Waals surface area contributed by atoms with Crippen molar-refractivity contribution < 1.29 is 23.1 Å². The van der Waals surface area contributed by atoms with E-state index in [-0.39, 0.29) is 29.0 Å². The summed E-state index contributed by atoms with van der Waals surface area (Å²) < 4.78 is 31.2. The molecule has 7 heteroatoms. The lowest BCUT2D eigenvalue weighted by atomic mass is 10.1. The number of rotatable bonds is 9. The Kier molecular flexibility index (Phi) is 7.91. The Morgan fingerprint density at radius 3 is 1.75 bits per heavy atom. The molecule has 0 aromatic heterocycles. The Balaban J connectivity index is 1.58. The van der Waals surface area contributed by atoms with Crippen molar-refractivity contribution in [2.75, 3.05) is 20.2 Å². The summed E-state index contributed by atoms with van der Waals surface area (Å²) in [5.41, 5.74) is 2.38. The highest BCUT2D eigenvalue weighted by Gasteiger charge is 2.16. The quantitative estimate of drug-likeness (QED) is 0.532. The molecule has 0 bridgehead atoms. The Morgan fingerprint density at radius 1 is 0.750 bits per heavy atom. The monoisotopic (exact) mass is 438 g/mol. The SMILES string of the molecule is COc1ccc(C(=O)NCCc2ccc(F)cc2)cc1C(=O)NCCc1ccc(F)cc1. The van der Waals surface area contributed by atoms with Gasteiger partial charge in [-0.15, -0.1) is 0 Å². The first-order chi connectivity index (χ1) is 15.5. The van der Waals surface area contributed by atoms with Gasteiger partial charge in [0, 0.05) is 18.7 Å². The van der Waals surface area contributed by atoms with E-state index < -0.39 is 0 Å². The van der Waals surface area contributed by atoms with Gasteiger partial charge in [0.15, 0.2) is 0 Å². The van der Waals surface area contributed by atoms with Gasteiger partial charge in [0.1, 0.15) is 17.4 Å². The van der Waals surface area contributed by atoms with Crippen molar-refractivity contribution in [3.63, 3.8) is 0 Å². The second-order valence-corrected chi connectivity index (χ2v) is 7.18. The van der Waals surface area contributed by atoms with Crippen molar-refractivity contribution >= 4 is 11.8 Å². The molecule has 32 heavy (non-hydrogen) atoms. The molecule has 0 saturated carbocycles. The smallest absolute Gasteiger partial charge is 0.255 e.